The Morgan fingerprint density at radius 1 is 1.56 bits per heavy atom. The molecule has 0 aliphatic heterocycles. The van der Waals surface area contributed by atoms with Crippen LogP contribution in [0.25, 0.3) is 11.3 Å². The van der Waals surface area contributed by atoms with E-state index in [0.29, 0.717) is 6.54 Å². The molecule has 1 atom stereocenters. The normalized spacial score (nSPS) is 12.3. The molecule has 1 aromatic heterocycles. The monoisotopic (exact) mass is 246 g/mol. The van der Waals surface area contributed by atoms with Crippen LogP contribution in [-0.4, -0.2) is 21.4 Å². The van der Waals surface area contributed by atoms with Crippen LogP contribution in [0.3, 0.4) is 0 Å². The van der Waals surface area contributed by atoms with Crippen molar-refractivity contribution < 1.29 is 4.92 Å². The van der Waals surface area contributed by atoms with Crippen molar-refractivity contribution in [2.24, 2.45) is 5.73 Å². The molecule has 0 radical (unpaired) electrons. The zero-order valence-electron chi connectivity index (χ0n) is 9.96. The zero-order chi connectivity index (χ0) is 13.1. The number of hydrogen-bond acceptors (Lipinski definition) is 4. The van der Waals surface area contributed by atoms with E-state index in [1.54, 1.807) is 18.3 Å². The molecule has 18 heavy (non-hydrogen) atoms. The third-order valence-corrected chi connectivity index (χ3v) is 2.78. The number of benzene rings is 1. The number of hydrogen-bond donors (Lipinski definition) is 2. The molecule has 6 nitrogen and oxygen atoms in total. The predicted molar refractivity (Wildman–Crippen MR) is 68.1 cm³/mol. The summed E-state index contributed by atoms with van der Waals surface area (Å²) in [4.78, 5) is 17.7. The van der Waals surface area contributed by atoms with Gasteiger partial charge in [-0.1, -0.05) is 19.1 Å². The Kier molecular flexibility index (Phi) is 3.38. The lowest BCUT2D eigenvalue weighted by Crippen LogP contribution is -2.10. The second kappa shape index (κ2) is 4.97. The Morgan fingerprint density at radius 3 is 3.00 bits per heavy atom. The number of nitrogens with two attached hydrogens (primary N) is 1. The first-order valence-corrected chi connectivity index (χ1v) is 5.61. The molecule has 0 aliphatic carbocycles. The number of nitro groups is 1. The summed E-state index contributed by atoms with van der Waals surface area (Å²) in [6.07, 6.45) is 1.67. The van der Waals surface area contributed by atoms with E-state index in [-0.39, 0.29) is 11.6 Å². The summed E-state index contributed by atoms with van der Waals surface area (Å²) in [5, 5.41) is 10.7. The highest BCUT2D eigenvalue weighted by molar-refractivity contribution is 5.62. The van der Waals surface area contributed by atoms with Gasteiger partial charge in [-0.2, -0.15) is 0 Å². The Bertz CT molecular complexity index is 565. The largest absolute Gasteiger partial charge is 0.342 e. The van der Waals surface area contributed by atoms with Crippen molar-refractivity contribution in [2.45, 2.75) is 12.8 Å². The molecule has 0 spiro atoms. The number of non-ortho nitro benzene ring substituents is 1. The standard InChI is InChI=1S/C12H14N4O2/c1-8(6-13)12-14-7-11(15-12)9-3-2-4-10(5-9)16(17)18/h2-5,7-8H,6,13H2,1H3,(H,14,15). The minimum absolute atomic E-state index is 0.0653. The van der Waals surface area contributed by atoms with Crippen LogP contribution in [0.2, 0.25) is 0 Å². The first-order valence-electron chi connectivity index (χ1n) is 5.61. The van der Waals surface area contributed by atoms with Gasteiger partial charge in [0.05, 0.1) is 16.8 Å². The topological polar surface area (TPSA) is 97.8 Å². The van der Waals surface area contributed by atoms with Crippen molar-refractivity contribution in [3.05, 3.63) is 46.4 Å². The van der Waals surface area contributed by atoms with Crippen molar-refractivity contribution in [3.8, 4) is 11.3 Å². The third-order valence-electron chi connectivity index (χ3n) is 2.78. The number of nitrogens with one attached hydrogen (secondary N) is 1. The molecule has 0 aliphatic rings. The van der Waals surface area contributed by atoms with Crippen molar-refractivity contribution in [1.82, 2.24) is 9.97 Å². The van der Waals surface area contributed by atoms with Gasteiger partial charge in [-0.15, -0.1) is 0 Å². The summed E-state index contributed by atoms with van der Waals surface area (Å²) in [6, 6.07) is 6.44. The molecular weight excluding hydrogens is 232 g/mol. The van der Waals surface area contributed by atoms with E-state index in [1.165, 1.54) is 12.1 Å². The van der Waals surface area contributed by atoms with Gasteiger partial charge in [0.15, 0.2) is 0 Å². The van der Waals surface area contributed by atoms with Gasteiger partial charge in [0.1, 0.15) is 5.82 Å². The van der Waals surface area contributed by atoms with E-state index in [9.17, 15) is 10.1 Å². The Labute approximate surface area is 104 Å². The summed E-state index contributed by atoms with van der Waals surface area (Å²) in [6.45, 7) is 2.47. The fraction of sp³-hybridized carbons (Fsp3) is 0.250. The SMILES string of the molecule is CC(CN)c1ncc(-c2cccc([N+](=O)[O-])c2)[nH]1. The van der Waals surface area contributed by atoms with Crippen LogP contribution in [0, 0.1) is 10.1 Å². The van der Waals surface area contributed by atoms with Crippen LogP contribution in [0.15, 0.2) is 30.5 Å². The molecule has 3 N–H and O–H groups in total. The Hall–Kier alpha value is -2.21. The van der Waals surface area contributed by atoms with Gasteiger partial charge in [-0.05, 0) is 0 Å². The number of H-pyrrole nitrogens is 1. The Morgan fingerprint density at radius 2 is 2.33 bits per heavy atom. The highest BCUT2D eigenvalue weighted by atomic mass is 16.6. The van der Waals surface area contributed by atoms with Crippen molar-refractivity contribution >= 4 is 5.69 Å². The number of nitrogens with zero attached hydrogens (tertiary/aromatic N) is 2. The molecule has 1 aromatic carbocycles. The van der Waals surface area contributed by atoms with Gasteiger partial charge in [0, 0.05) is 30.2 Å². The maximum atomic E-state index is 10.7. The van der Waals surface area contributed by atoms with E-state index in [0.717, 1.165) is 17.1 Å². The fourth-order valence-corrected chi connectivity index (χ4v) is 1.63. The third kappa shape index (κ3) is 2.38. The lowest BCUT2D eigenvalue weighted by atomic mass is 10.1. The molecule has 0 amide bonds. The number of imidazole rings is 1. The lowest BCUT2D eigenvalue weighted by molar-refractivity contribution is -0.384. The summed E-state index contributed by atoms with van der Waals surface area (Å²) in [7, 11) is 0. The first kappa shape index (κ1) is 12.3. The van der Waals surface area contributed by atoms with Crippen LogP contribution in [-0.2, 0) is 0 Å². The van der Waals surface area contributed by atoms with Gasteiger partial charge >= 0.3 is 0 Å². The lowest BCUT2D eigenvalue weighted by Gasteiger charge is -2.03. The van der Waals surface area contributed by atoms with Crippen LogP contribution in [0.4, 0.5) is 5.69 Å². The summed E-state index contributed by atoms with van der Waals surface area (Å²) in [5.41, 5.74) is 7.13. The maximum Gasteiger partial charge on any atom is 0.270 e. The molecule has 0 bridgehead atoms. The van der Waals surface area contributed by atoms with Gasteiger partial charge in [0.2, 0.25) is 0 Å². The van der Waals surface area contributed by atoms with Crippen LogP contribution >= 0.6 is 0 Å². The number of aromatic amines is 1. The minimum Gasteiger partial charge on any atom is -0.342 e. The molecule has 2 rings (SSSR count). The highest BCUT2D eigenvalue weighted by Gasteiger charge is 2.11. The van der Waals surface area contributed by atoms with Crippen LogP contribution in [0.1, 0.15) is 18.7 Å². The fourth-order valence-electron chi connectivity index (χ4n) is 1.63. The van der Waals surface area contributed by atoms with Gasteiger partial charge in [-0.3, -0.25) is 10.1 Å². The first-order chi connectivity index (χ1) is 8.61. The van der Waals surface area contributed by atoms with E-state index >= 15 is 0 Å². The average molecular weight is 246 g/mol. The van der Waals surface area contributed by atoms with E-state index in [1.807, 2.05) is 6.92 Å². The molecule has 0 fully saturated rings. The van der Waals surface area contributed by atoms with E-state index in [4.69, 9.17) is 5.73 Å². The highest BCUT2D eigenvalue weighted by Crippen LogP contribution is 2.23. The quantitative estimate of drug-likeness (QED) is 0.637. The predicted octanol–water partition coefficient (Wildman–Crippen LogP) is 2.05. The number of nitro benzene ring substituents is 1. The van der Waals surface area contributed by atoms with Crippen molar-refractivity contribution in [3.63, 3.8) is 0 Å². The molecule has 1 heterocycles. The number of rotatable bonds is 4. The minimum atomic E-state index is -0.413. The Balaban J connectivity index is 2.34. The molecule has 94 valence electrons. The zero-order valence-corrected chi connectivity index (χ0v) is 9.96. The second-order valence-corrected chi connectivity index (χ2v) is 4.13. The van der Waals surface area contributed by atoms with Crippen LogP contribution < -0.4 is 5.73 Å². The average Bonchev–Trinajstić information content (AvgIpc) is 2.87. The second-order valence-electron chi connectivity index (χ2n) is 4.13. The molecule has 2 aromatic rings. The van der Waals surface area contributed by atoms with Crippen molar-refractivity contribution in [2.75, 3.05) is 6.54 Å². The van der Waals surface area contributed by atoms with E-state index < -0.39 is 4.92 Å². The maximum absolute atomic E-state index is 10.7. The van der Waals surface area contributed by atoms with Crippen LogP contribution in [0.5, 0.6) is 0 Å². The number of aromatic nitrogens is 2. The van der Waals surface area contributed by atoms with Gasteiger partial charge in [0.25, 0.3) is 5.69 Å². The van der Waals surface area contributed by atoms with Crippen molar-refractivity contribution in [1.29, 1.82) is 0 Å². The van der Waals surface area contributed by atoms with E-state index in [2.05, 4.69) is 9.97 Å². The van der Waals surface area contributed by atoms with Gasteiger partial charge < -0.3 is 10.7 Å². The molecule has 1 unspecified atom stereocenters. The summed E-state index contributed by atoms with van der Waals surface area (Å²) < 4.78 is 0. The summed E-state index contributed by atoms with van der Waals surface area (Å²) in [5.74, 6) is 0.927. The molecular formula is C12H14N4O2. The summed E-state index contributed by atoms with van der Waals surface area (Å²) >= 11 is 0. The smallest absolute Gasteiger partial charge is 0.270 e. The molecule has 6 heteroatoms. The molecule has 0 saturated heterocycles. The molecule has 0 saturated carbocycles. The van der Waals surface area contributed by atoms with Gasteiger partial charge in [-0.25, -0.2) is 4.98 Å².